The Hall–Kier alpha value is -2.71. The summed E-state index contributed by atoms with van der Waals surface area (Å²) in [4.78, 5) is 12.7. The Labute approximate surface area is 186 Å². The van der Waals surface area contributed by atoms with Gasteiger partial charge >= 0.3 is 0 Å². The lowest BCUT2D eigenvalue weighted by molar-refractivity contribution is 0.0730. The summed E-state index contributed by atoms with van der Waals surface area (Å²) in [5.74, 6) is -0.414. The van der Waals surface area contributed by atoms with Crippen LogP contribution in [-0.2, 0) is 14.8 Å². The summed E-state index contributed by atoms with van der Waals surface area (Å²) in [6.07, 6.45) is 0. The predicted octanol–water partition coefficient (Wildman–Crippen LogP) is 4.28. The number of hydrogen-bond acceptors (Lipinski definition) is 4. The van der Waals surface area contributed by atoms with Crippen LogP contribution in [0, 0.1) is 0 Å². The van der Waals surface area contributed by atoms with Crippen molar-refractivity contribution in [2.75, 3.05) is 31.6 Å². The third-order valence-corrected chi connectivity index (χ3v) is 7.41. The van der Waals surface area contributed by atoms with Gasteiger partial charge in [-0.25, -0.2) is 8.42 Å². The molecule has 1 aliphatic heterocycles. The molecule has 3 aromatic rings. The van der Waals surface area contributed by atoms with E-state index in [1.165, 1.54) is 22.5 Å². The second-order valence-corrected chi connectivity index (χ2v) is 9.37. The first-order valence-corrected chi connectivity index (χ1v) is 11.6. The highest BCUT2D eigenvalue weighted by molar-refractivity contribution is 7.89. The Morgan fingerprint density at radius 1 is 0.903 bits per heavy atom. The number of halogens is 1. The Morgan fingerprint density at radius 3 is 2.23 bits per heavy atom. The molecular formula is C23H21ClN2O4S. The first kappa shape index (κ1) is 21.5. The molecule has 0 radical (unpaired) electrons. The predicted molar refractivity (Wildman–Crippen MR) is 121 cm³/mol. The van der Waals surface area contributed by atoms with Crippen molar-refractivity contribution in [1.82, 2.24) is 4.31 Å². The van der Waals surface area contributed by atoms with Crippen LogP contribution in [0.2, 0.25) is 5.02 Å². The lowest BCUT2D eigenvalue weighted by atomic mass is 10.1. The van der Waals surface area contributed by atoms with Gasteiger partial charge in [0.1, 0.15) is 4.90 Å². The number of morpholine rings is 1. The first-order chi connectivity index (χ1) is 14.9. The van der Waals surface area contributed by atoms with Crippen molar-refractivity contribution < 1.29 is 17.9 Å². The van der Waals surface area contributed by atoms with Gasteiger partial charge in [0.05, 0.1) is 18.2 Å². The number of amides is 1. The second kappa shape index (κ2) is 9.20. The van der Waals surface area contributed by atoms with E-state index >= 15 is 0 Å². The molecule has 0 unspecified atom stereocenters. The minimum Gasteiger partial charge on any atom is -0.379 e. The number of carbonyl (C=O) groups excluding carboxylic acids is 1. The average molecular weight is 457 g/mol. The average Bonchev–Trinajstić information content (AvgIpc) is 2.81. The molecule has 0 aliphatic carbocycles. The molecule has 1 N–H and O–H groups in total. The van der Waals surface area contributed by atoms with Crippen molar-refractivity contribution >= 4 is 33.2 Å². The van der Waals surface area contributed by atoms with Crippen LogP contribution in [0.15, 0.2) is 77.7 Å². The molecular weight excluding hydrogens is 436 g/mol. The highest BCUT2D eigenvalue weighted by Gasteiger charge is 2.29. The zero-order valence-electron chi connectivity index (χ0n) is 16.6. The van der Waals surface area contributed by atoms with Crippen LogP contribution >= 0.6 is 11.6 Å². The quantitative estimate of drug-likeness (QED) is 0.621. The minimum atomic E-state index is -3.82. The van der Waals surface area contributed by atoms with Crippen LogP contribution in [0.3, 0.4) is 0 Å². The zero-order chi connectivity index (χ0) is 21.8. The highest BCUT2D eigenvalue weighted by atomic mass is 35.5. The number of nitrogens with zero attached hydrogens (tertiary/aromatic N) is 1. The molecule has 0 atom stereocenters. The van der Waals surface area contributed by atoms with Crippen molar-refractivity contribution in [1.29, 1.82) is 0 Å². The maximum Gasteiger partial charge on any atom is 0.255 e. The van der Waals surface area contributed by atoms with Crippen molar-refractivity contribution in [3.63, 3.8) is 0 Å². The molecule has 1 aliphatic rings. The highest BCUT2D eigenvalue weighted by Crippen LogP contribution is 2.27. The van der Waals surface area contributed by atoms with Crippen LogP contribution in [0.1, 0.15) is 10.4 Å². The van der Waals surface area contributed by atoms with E-state index in [1.54, 1.807) is 0 Å². The summed E-state index contributed by atoms with van der Waals surface area (Å²) in [7, 11) is -3.82. The fraction of sp³-hybridized carbons (Fsp3) is 0.174. The molecule has 0 bridgehead atoms. The maximum atomic E-state index is 13.0. The van der Waals surface area contributed by atoms with Gasteiger partial charge in [0.15, 0.2) is 0 Å². The van der Waals surface area contributed by atoms with Gasteiger partial charge < -0.3 is 10.1 Å². The van der Waals surface area contributed by atoms with Gasteiger partial charge in [0.25, 0.3) is 5.91 Å². The van der Waals surface area contributed by atoms with Crippen molar-refractivity contribution in [3.05, 3.63) is 83.4 Å². The Morgan fingerprint density at radius 2 is 1.55 bits per heavy atom. The van der Waals surface area contributed by atoms with Crippen LogP contribution < -0.4 is 5.32 Å². The van der Waals surface area contributed by atoms with Crippen LogP contribution in [0.25, 0.3) is 11.1 Å². The molecule has 0 spiro atoms. The van der Waals surface area contributed by atoms with E-state index in [4.69, 9.17) is 16.3 Å². The molecule has 1 heterocycles. The van der Waals surface area contributed by atoms with Crippen LogP contribution in [-0.4, -0.2) is 44.9 Å². The van der Waals surface area contributed by atoms with Crippen molar-refractivity contribution in [3.8, 4) is 11.1 Å². The Bertz CT molecular complexity index is 1180. The largest absolute Gasteiger partial charge is 0.379 e. The lowest BCUT2D eigenvalue weighted by Gasteiger charge is -2.26. The van der Waals surface area contributed by atoms with E-state index in [0.717, 1.165) is 11.1 Å². The molecule has 3 aromatic carbocycles. The fourth-order valence-electron chi connectivity index (χ4n) is 3.35. The third-order valence-electron chi connectivity index (χ3n) is 5.03. The summed E-state index contributed by atoms with van der Waals surface area (Å²) in [5, 5.41) is 2.88. The summed E-state index contributed by atoms with van der Waals surface area (Å²) in [6.45, 7) is 1.16. The molecule has 31 heavy (non-hydrogen) atoms. The van der Waals surface area contributed by atoms with Gasteiger partial charge in [-0.3, -0.25) is 4.79 Å². The van der Waals surface area contributed by atoms with E-state index in [-0.39, 0.29) is 28.6 Å². The normalized spacial score (nSPS) is 14.9. The summed E-state index contributed by atoms with van der Waals surface area (Å²) >= 11 is 6.17. The first-order valence-electron chi connectivity index (χ1n) is 9.79. The summed E-state index contributed by atoms with van der Waals surface area (Å²) < 4.78 is 32.5. The van der Waals surface area contributed by atoms with Crippen LogP contribution in [0.5, 0.6) is 0 Å². The van der Waals surface area contributed by atoms with E-state index in [0.29, 0.717) is 18.9 Å². The molecule has 0 saturated carbocycles. The van der Waals surface area contributed by atoms with Gasteiger partial charge in [-0.1, -0.05) is 54.1 Å². The number of hydrogen-bond donors (Lipinski definition) is 1. The number of carbonyl (C=O) groups is 1. The molecule has 1 saturated heterocycles. The summed E-state index contributed by atoms with van der Waals surface area (Å²) in [5.41, 5.74) is 2.93. The number of sulfonamides is 1. The number of benzene rings is 3. The van der Waals surface area contributed by atoms with Crippen LogP contribution in [0.4, 0.5) is 5.69 Å². The fourth-order valence-corrected chi connectivity index (χ4v) is 5.26. The Balaban J connectivity index is 1.53. The number of ether oxygens (including phenoxy) is 1. The number of anilines is 1. The van der Waals surface area contributed by atoms with E-state index < -0.39 is 15.9 Å². The van der Waals surface area contributed by atoms with Gasteiger partial charge in [-0.15, -0.1) is 0 Å². The van der Waals surface area contributed by atoms with Gasteiger partial charge in [-0.2, -0.15) is 4.31 Å². The van der Waals surface area contributed by atoms with Gasteiger partial charge in [0, 0.05) is 24.3 Å². The number of nitrogens with one attached hydrogen (secondary N) is 1. The monoisotopic (exact) mass is 456 g/mol. The topological polar surface area (TPSA) is 75.7 Å². The maximum absolute atomic E-state index is 13.0. The van der Waals surface area contributed by atoms with E-state index in [9.17, 15) is 13.2 Å². The minimum absolute atomic E-state index is 0.0789. The lowest BCUT2D eigenvalue weighted by Crippen LogP contribution is -2.40. The second-order valence-electron chi connectivity index (χ2n) is 7.06. The van der Waals surface area contributed by atoms with E-state index in [1.807, 2.05) is 54.6 Å². The van der Waals surface area contributed by atoms with E-state index in [2.05, 4.69) is 5.32 Å². The number of rotatable bonds is 5. The molecule has 0 aromatic heterocycles. The molecule has 6 nitrogen and oxygen atoms in total. The SMILES string of the molecule is O=C(Nc1ccc(-c2ccccc2)cc1)c1ccc(Cl)c(S(=O)(=O)N2CCOCC2)c1. The smallest absolute Gasteiger partial charge is 0.255 e. The van der Waals surface area contributed by atoms with Crippen molar-refractivity contribution in [2.24, 2.45) is 0 Å². The molecule has 1 amide bonds. The van der Waals surface area contributed by atoms with Crippen molar-refractivity contribution in [2.45, 2.75) is 4.90 Å². The molecule has 8 heteroatoms. The molecule has 4 rings (SSSR count). The van der Waals surface area contributed by atoms with Gasteiger partial charge in [-0.05, 0) is 41.5 Å². The molecule has 1 fully saturated rings. The Kier molecular flexibility index (Phi) is 6.38. The standard InChI is InChI=1S/C23H21ClN2O4S/c24-21-11-8-19(16-22(21)31(28,29)26-12-14-30-15-13-26)23(27)25-20-9-6-18(7-10-20)17-4-2-1-3-5-17/h1-11,16H,12-15H2,(H,25,27). The summed E-state index contributed by atoms with van der Waals surface area (Å²) in [6, 6.07) is 21.6. The molecule has 160 valence electrons. The zero-order valence-corrected chi connectivity index (χ0v) is 18.2. The third kappa shape index (κ3) is 4.80. The van der Waals surface area contributed by atoms with Gasteiger partial charge in [0.2, 0.25) is 10.0 Å².